The number of hydrogen-bond donors (Lipinski definition) is 1. The number of carbonyl (C=O) groups is 1. The van der Waals surface area contributed by atoms with Gasteiger partial charge in [-0.2, -0.15) is 5.26 Å². The normalized spacial score (nSPS) is 12.5. The lowest BCUT2D eigenvalue weighted by atomic mass is 10.2. The molecule has 0 radical (unpaired) electrons. The van der Waals surface area contributed by atoms with Gasteiger partial charge in [-0.1, -0.05) is 18.2 Å². The van der Waals surface area contributed by atoms with Crippen molar-refractivity contribution >= 4 is 5.91 Å². The van der Waals surface area contributed by atoms with Gasteiger partial charge in [-0.15, -0.1) is 0 Å². The predicted molar refractivity (Wildman–Crippen MR) is 67.1 cm³/mol. The van der Waals surface area contributed by atoms with Crippen molar-refractivity contribution in [3.8, 4) is 6.07 Å². The van der Waals surface area contributed by atoms with E-state index < -0.39 is 17.9 Å². The van der Waals surface area contributed by atoms with E-state index in [0.29, 0.717) is 5.56 Å². The van der Waals surface area contributed by atoms with E-state index in [4.69, 9.17) is 19.5 Å². The average molecular weight is 264 g/mol. The Morgan fingerprint density at radius 1 is 1.21 bits per heavy atom. The van der Waals surface area contributed by atoms with E-state index in [-0.39, 0.29) is 0 Å². The molecule has 1 aromatic carbocycles. The summed E-state index contributed by atoms with van der Waals surface area (Å²) in [5, 5.41) is 11.6. The zero-order chi connectivity index (χ0) is 14.3. The molecule has 102 valence electrons. The molecule has 0 aromatic heterocycles. The largest absolute Gasteiger partial charge is 0.330 e. The van der Waals surface area contributed by atoms with E-state index in [1.807, 2.05) is 6.07 Å². The average Bonchev–Trinajstić information content (AvgIpc) is 2.49. The van der Waals surface area contributed by atoms with Crippen LogP contribution >= 0.6 is 0 Å². The van der Waals surface area contributed by atoms with Gasteiger partial charge in [0.2, 0.25) is 0 Å². The van der Waals surface area contributed by atoms with E-state index in [9.17, 15) is 4.79 Å². The molecule has 0 spiro atoms. The number of carbonyl (C=O) groups excluding carboxylic acids is 1. The Kier molecular flexibility index (Phi) is 5.45. The van der Waals surface area contributed by atoms with Crippen LogP contribution in [0, 0.1) is 11.3 Å². The molecule has 1 N–H and O–H groups in total. The minimum absolute atomic E-state index is 0.414. The Balaban J connectivity index is 2.89. The molecule has 6 nitrogen and oxygen atoms in total. The zero-order valence-electron chi connectivity index (χ0n) is 11.0. The zero-order valence-corrected chi connectivity index (χ0v) is 11.0. The molecule has 1 rings (SSSR count). The topological polar surface area (TPSA) is 80.6 Å². The van der Waals surface area contributed by atoms with Gasteiger partial charge < -0.3 is 19.5 Å². The second-order valence-corrected chi connectivity index (χ2v) is 3.62. The Morgan fingerprint density at radius 3 is 2.16 bits per heavy atom. The summed E-state index contributed by atoms with van der Waals surface area (Å²) >= 11 is 0. The van der Waals surface area contributed by atoms with Gasteiger partial charge in [0.25, 0.3) is 5.91 Å². The maximum absolute atomic E-state index is 12.0. The van der Waals surface area contributed by atoms with E-state index in [1.165, 1.54) is 21.3 Å². The number of hydrogen-bond acceptors (Lipinski definition) is 5. The summed E-state index contributed by atoms with van der Waals surface area (Å²) in [6.07, 6.45) is 0. The summed E-state index contributed by atoms with van der Waals surface area (Å²) in [5.74, 6) is -2.05. The maximum atomic E-state index is 12.0. The summed E-state index contributed by atoms with van der Waals surface area (Å²) in [6.45, 7) is 0. The Morgan fingerprint density at radius 2 is 1.74 bits per heavy atom. The van der Waals surface area contributed by atoms with Gasteiger partial charge in [-0.25, -0.2) is 0 Å². The molecule has 0 bridgehead atoms. The Bertz CT molecular complexity index is 443. The Labute approximate surface area is 111 Å². The van der Waals surface area contributed by atoms with Crippen LogP contribution in [0.15, 0.2) is 30.3 Å². The van der Waals surface area contributed by atoms with Crippen molar-refractivity contribution in [2.45, 2.75) is 12.0 Å². The Hall–Kier alpha value is -1.94. The van der Waals surface area contributed by atoms with Crippen LogP contribution in [0.3, 0.4) is 0 Å². The highest BCUT2D eigenvalue weighted by Crippen LogP contribution is 2.17. The lowest BCUT2D eigenvalue weighted by molar-refractivity contribution is -0.357. The quantitative estimate of drug-likeness (QED) is 0.772. The molecule has 19 heavy (non-hydrogen) atoms. The van der Waals surface area contributed by atoms with E-state index >= 15 is 0 Å². The SMILES string of the molecule is COC(OC)(OC)C(C#N)NC(=O)c1ccccc1. The first-order valence-corrected chi connectivity index (χ1v) is 5.54. The molecule has 0 aliphatic rings. The van der Waals surface area contributed by atoms with Gasteiger partial charge in [0.15, 0.2) is 6.04 Å². The van der Waals surface area contributed by atoms with E-state index in [2.05, 4.69) is 5.32 Å². The molecule has 1 aromatic rings. The van der Waals surface area contributed by atoms with E-state index in [1.54, 1.807) is 30.3 Å². The third kappa shape index (κ3) is 3.29. The molecule has 0 fully saturated rings. The van der Waals surface area contributed by atoms with Crippen LogP contribution in [-0.4, -0.2) is 39.3 Å². The van der Waals surface area contributed by atoms with Crippen molar-refractivity contribution in [2.24, 2.45) is 0 Å². The number of nitrogens with one attached hydrogen (secondary N) is 1. The van der Waals surface area contributed by atoms with Gasteiger partial charge in [-0.05, 0) is 12.1 Å². The molecule has 1 atom stereocenters. The smallest absolute Gasteiger partial charge is 0.318 e. The van der Waals surface area contributed by atoms with Crippen molar-refractivity contribution in [3.63, 3.8) is 0 Å². The fourth-order valence-electron chi connectivity index (χ4n) is 1.61. The third-order valence-corrected chi connectivity index (χ3v) is 2.65. The van der Waals surface area contributed by atoms with Crippen LogP contribution in [0.2, 0.25) is 0 Å². The second-order valence-electron chi connectivity index (χ2n) is 3.62. The third-order valence-electron chi connectivity index (χ3n) is 2.65. The van der Waals surface area contributed by atoms with Crippen molar-refractivity contribution in [1.29, 1.82) is 5.26 Å². The minimum Gasteiger partial charge on any atom is -0.330 e. The fourth-order valence-corrected chi connectivity index (χ4v) is 1.61. The molecular weight excluding hydrogens is 248 g/mol. The van der Waals surface area contributed by atoms with Gasteiger partial charge in [0.1, 0.15) is 0 Å². The summed E-state index contributed by atoms with van der Waals surface area (Å²) < 4.78 is 15.1. The first-order chi connectivity index (χ1) is 9.13. The van der Waals surface area contributed by atoms with Crippen LogP contribution < -0.4 is 5.32 Å². The summed E-state index contributed by atoms with van der Waals surface area (Å²) in [6, 6.07) is 9.30. The van der Waals surface area contributed by atoms with Crippen LogP contribution in [0.1, 0.15) is 10.4 Å². The number of ether oxygens (including phenoxy) is 3. The summed E-state index contributed by atoms with van der Waals surface area (Å²) in [4.78, 5) is 12.0. The second kappa shape index (κ2) is 6.85. The molecule has 0 saturated carbocycles. The monoisotopic (exact) mass is 264 g/mol. The molecular formula is C13H16N2O4. The first-order valence-electron chi connectivity index (χ1n) is 5.54. The highest BCUT2D eigenvalue weighted by molar-refractivity contribution is 5.94. The van der Waals surface area contributed by atoms with Crippen LogP contribution in [0.5, 0.6) is 0 Å². The highest BCUT2D eigenvalue weighted by Gasteiger charge is 2.42. The molecule has 6 heteroatoms. The van der Waals surface area contributed by atoms with Crippen LogP contribution in [-0.2, 0) is 14.2 Å². The summed E-state index contributed by atoms with van der Waals surface area (Å²) in [5.41, 5.74) is 0.431. The van der Waals surface area contributed by atoms with Gasteiger partial charge in [-0.3, -0.25) is 4.79 Å². The number of benzene rings is 1. The van der Waals surface area contributed by atoms with E-state index in [0.717, 1.165) is 0 Å². The maximum Gasteiger partial charge on any atom is 0.318 e. The number of rotatable bonds is 6. The predicted octanol–water partition coefficient (Wildman–Crippen LogP) is 0.902. The fraction of sp³-hybridized carbons (Fsp3) is 0.385. The van der Waals surface area contributed by atoms with Crippen molar-refractivity contribution in [3.05, 3.63) is 35.9 Å². The van der Waals surface area contributed by atoms with Crippen molar-refractivity contribution in [2.75, 3.05) is 21.3 Å². The minimum atomic E-state index is -1.64. The number of amides is 1. The standard InChI is InChI=1S/C13H16N2O4/c1-17-13(18-2,19-3)11(9-14)15-12(16)10-7-5-4-6-8-10/h4-8,11H,1-3H3,(H,15,16). The summed E-state index contributed by atoms with van der Waals surface area (Å²) in [7, 11) is 3.98. The highest BCUT2D eigenvalue weighted by atomic mass is 16.9. The number of nitriles is 1. The number of methoxy groups -OCH3 is 3. The van der Waals surface area contributed by atoms with Crippen molar-refractivity contribution in [1.82, 2.24) is 5.32 Å². The van der Waals surface area contributed by atoms with Crippen molar-refractivity contribution < 1.29 is 19.0 Å². The lowest BCUT2D eigenvalue weighted by Gasteiger charge is -2.32. The molecule has 0 aliphatic heterocycles. The first kappa shape index (κ1) is 15.1. The van der Waals surface area contributed by atoms with Gasteiger partial charge >= 0.3 is 5.97 Å². The lowest BCUT2D eigenvalue weighted by Crippen LogP contribution is -2.55. The molecule has 0 saturated heterocycles. The van der Waals surface area contributed by atoms with Crippen LogP contribution in [0.4, 0.5) is 0 Å². The molecule has 1 unspecified atom stereocenters. The molecule has 0 aliphatic carbocycles. The number of nitrogens with zero attached hydrogens (tertiary/aromatic N) is 1. The molecule has 1 amide bonds. The van der Waals surface area contributed by atoms with Gasteiger partial charge in [0, 0.05) is 26.9 Å². The van der Waals surface area contributed by atoms with Crippen LogP contribution in [0.25, 0.3) is 0 Å². The molecule has 0 heterocycles. The van der Waals surface area contributed by atoms with Gasteiger partial charge in [0.05, 0.1) is 6.07 Å².